The van der Waals surface area contributed by atoms with Gasteiger partial charge in [-0.2, -0.15) is 17.6 Å². The number of hydrogen-bond donors (Lipinski definition) is 1. The molecule has 1 amide bonds. The first kappa shape index (κ1) is 20.9. The third kappa shape index (κ3) is 5.00. The first-order chi connectivity index (χ1) is 9.98. The topological polar surface area (TPSA) is 66.0 Å². The fraction of sp³-hybridized carbons (Fsp3) is 0.889. The third-order valence-electron chi connectivity index (χ3n) is 2.53. The third-order valence-corrected chi connectivity index (χ3v) is 5.00. The summed E-state index contributed by atoms with van der Waals surface area (Å²) in [4.78, 5) is 11.1. The molecule has 0 fully saturated rings. The Morgan fingerprint density at radius 1 is 1.09 bits per heavy atom. The van der Waals surface area contributed by atoms with Gasteiger partial charge in [0, 0.05) is 21.3 Å². The van der Waals surface area contributed by atoms with Gasteiger partial charge in [0.1, 0.15) is 0 Å². The van der Waals surface area contributed by atoms with E-state index < -0.39 is 45.9 Å². The van der Waals surface area contributed by atoms with Crippen molar-refractivity contribution >= 4 is 14.9 Å². The van der Waals surface area contributed by atoms with Crippen LogP contribution >= 0.6 is 0 Å². The predicted molar refractivity (Wildman–Crippen MR) is 62.0 cm³/mol. The van der Waals surface area contributed by atoms with Crippen LogP contribution in [-0.4, -0.2) is 67.3 Å². The van der Waals surface area contributed by atoms with E-state index in [9.17, 15) is 31.1 Å². The van der Waals surface area contributed by atoms with Crippen LogP contribution in [0.4, 0.5) is 31.1 Å². The molecule has 0 heterocycles. The molecule has 0 spiro atoms. The van der Waals surface area contributed by atoms with Gasteiger partial charge in [0.05, 0.1) is 6.17 Å². The van der Waals surface area contributed by atoms with Gasteiger partial charge < -0.3 is 23.3 Å². The standard InChI is InChI=1S/C9H15F6NO5Si/c1-18-22(19-2,20-3)5-16-7(17)21-4-8(12,13)9(14,15)6(10)11/h6H,4-5H2,1-3H3,(H,16,17). The van der Waals surface area contributed by atoms with Crippen LogP contribution in [0.15, 0.2) is 0 Å². The van der Waals surface area contributed by atoms with E-state index in [1.807, 2.05) is 5.32 Å². The molecule has 0 radical (unpaired) electrons. The Morgan fingerprint density at radius 3 is 1.91 bits per heavy atom. The fourth-order valence-electron chi connectivity index (χ4n) is 1.11. The predicted octanol–water partition coefficient (Wildman–Crippen LogP) is 1.67. The molecule has 13 heteroatoms. The van der Waals surface area contributed by atoms with Crippen molar-refractivity contribution in [3.63, 3.8) is 0 Å². The molecule has 0 saturated carbocycles. The normalized spacial score (nSPS) is 13.4. The van der Waals surface area contributed by atoms with Crippen LogP contribution in [0.2, 0.25) is 0 Å². The number of alkyl halides is 6. The zero-order valence-electron chi connectivity index (χ0n) is 11.8. The highest BCUT2D eigenvalue weighted by Gasteiger charge is 2.63. The van der Waals surface area contributed by atoms with E-state index in [1.165, 1.54) is 21.3 Å². The van der Waals surface area contributed by atoms with Crippen LogP contribution in [-0.2, 0) is 18.0 Å². The van der Waals surface area contributed by atoms with Gasteiger partial charge in [-0.25, -0.2) is 13.6 Å². The summed E-state index contributed by atoms with van der Waals surface area (Å²) in [6.45, 7) is -2.22. The van der Waals surface area contributed by atoms with E-state index in [0.717, 1.165) is 0 Å². The van der Waals surface area contributed by atoms with Crippen molar-refractivity contribution in [3.8, 4) is 0 Å². The molecule has 0 unspecified atom stereocenters. The highest BCUT2D eigenvalue weighted by molar-refractivity contribution is 6.61. The van der Waals surface area contributed by atoms with E-state index in [1.54, 1.807) is 0 Å². The zero-order chi connectivity index (χ0) is 17.6. The average molecular weight is 359 g/mol. The lowest BCUT2D eigenvalue weighted by molar-refractivity contribution is -0.273. The van der Waals surface area contributed by atoms with Crippen molar-refractivity contribution in [2.24, 2.45) is 0 Å². The Balaban J connectivity index is 4.52. The first-order valence-corrected chi connectivity index (χ1v) is 7.51. The molecule has 0 saturated heterocycles. The van der Waals surface area contributed by atoms with Gasteiger partial charge in [-0.3, -0.25) is 0 Å². The van der Waals surface area contributed by atoms with Gasteiger partial charge in [-0.1, -0.05) is 0 Å². The summed E-state index contributed by atoms with van der Waals surface area (Å²) in [5.74, 6) is -10.9. The van der Waals surface area contributed by atoms with Crippen molar-refractivity contribution in [2.45, 2.75) is 18.3 Å². The number of carbonyl (C=O) groups excluding carboxylic acids is 1. The SMILES string of the molecule is CO[Si](CNC(=O)OCC(F)(F)C(F)(F)C(F)F)(OC)OC. The first-order valence-electron chi connectivity index (χ1n) is 5.58. The lowest BCUT2D eigenvalue weighted by Crippen LogP contribution is -2.54. The number of hydrogen-bond acceptors (Lipinski definition) is 5. The van der Waals surface area contributed by atoms with Gasteiger partial charge in [-0.05, 0) is 0 Å². The summed E-state index contributed by atoms with van der Waals surface area (Å²) in [6.07, 6.45) is -6.57. The molecule has 1 N–H and O–H groups in total. The van der Waals surface area contributed by atoms with Gasteiger partial charge >= 0.3 is 33.2 Å². The second-order valence-corrected chi connectivity index (χ2v) is 6.80. The Labute approximate surface area is 123 Å². The van der Waals surface area contributed by atoms with E-state index in [4.69, 9.17) is 13.3 Å². The average Bonchev–Trinajstić information content (AvgIpc) is 2.47. The quantitative estimate of drug-likeness (QED) is 0.501. The Hall–Kier alpha value is -1.05. The maximum Gasteiger partial charge on any atom is 0.520 e. The second kappa shape index (κ2) is 7.98. The Bertz CT molecular complexity index is 360. The molecule has 0 rings (SSSR count). The number of halogens is 6. The van der Waals surface area contributed by atoms with Crippen LogP contribution in [0.1, 0.15) is 0 Å². The summed E-state index contributed by atoms with van der Waals surface area (Å²) in [5.41, 5.74) is 0. The minimum absolute atomic E-state index is 0.411. The van der Waals surface area contributed by atoms with Crippen molar-refractivity contribution in [1.29, 1.82) is 0 Å². The molecule has 0 aliphatic rings. The molecule has 0 atom stereocenters. The van der Waals surface area contributed by atoms with Crippen LogP contribution in [0.3, 0.4) is 0 Å². The molecule has 0 aromatic heterocycles. The molecule has 22 heavy (non-hydrogen) atoms. The smallest absolute Gasteiger partial charge is 0.443 e. The summed E-state index contributed by atoms with van der Waals surface area (Å²) >= 11 is 0. The van der Waals surface area contributed by atoms with Gasteiger partial charge in [0.15, 0.2) is 6.61 Å². The highest BCUT2D eigenvalue weighted by atomic mass is 28.4. The number of ether oxygens (including phenoxy) is 1. The maximum atomic E-state index is 12.9. The zero-order valence-corrected chi connectivity index (χ0v) is 12.8. The van der Waals surface area contributed by atoms with E-state index >= 15 is 0 Å². The largest absolute Gasteiger partial charge is 0.520 e. The van der Waals surface area contributed by atoms with Gasteiger partial charge in [-0.15, -0.1) is 0 Å². The van der Waals surface area contributed by atoms with Crippen LogP contribution < -0.4 is 5.32 Å². The van der Waals surface area contributed by atoms with E-state index in [0.29, 0.717) is 0 Å². The molecular formula is C9H15F6NO5Si. The van der Waals surface area contributed by atoms with Crippen molar-refractivity contribution in [1.82, 2.24) is 5.32 Å². The maximum absolute atomic E-state index is 12.9. The lowest BCUT2D eigenvalue weighted by Gasteiger charge is -2.26. The molecule has 0 aromatic carbocycles. The summed E-state index contributed by atoms with van der Waals surface area (Å²) in [5, 5.41) is 1.89. The molecule has 0 aliphatic heterocycles. The molecule has 0 aromatic rings. The number of alkyl carbamates (subject to hydrolysis) is 1. The Kier molecular flexibility index (Phi) is 7.60. The molecule has 132 valence electrons. The number of nitrogens with one attached hydrogen (secondary N) is 1. The molecular weight excluding hydrogens is 344 g/mol. The fourth-order valence-corrected chi connectivity index (χ4v) is 2.40. The van der Waals surface area contributed by atoms with Crippen LogP contribution in [0.25, 0.3) is 0 Å². The number of rotatable bonds is 9. The number of carbonyl (C=O) groups is 1. The van der Waals surface area contributed by atoms with Crippen LogP contribution in [0.5, 0.6) is 0 Å². The lowest BCUT2D eigenvalue weighted by atomic mass is 10.2. The summed E-state index contributed by atoms with van der Waals surface area (Å²) in [6, 6.07) is 0. The summed E-state index contributed by atoms with van der Waals surface area (Å²) in [7, 11) is 0.317. The minimum Gasteiger partial charge on any atom is -0.443 e. The second-order valence-electron chi connectivity index (χ2n) is 3.85. The van der Waals surface area contributed by atoms with Gasteiger partial charge in [0.2, 0.25) is 0 Å². The van der Waals surface area contributed by atoms with E-state index in [2.05, 4.69) is 4.74 Å². The van der Waals surface area contributed by atoms with Crippen LogP contribution in [0, 0.1) is 0 Å². The Morgan fingerprint density at radius 2 is 1.55 bits per heavy atom. The molecule has 0 bridgehead atoms. The number of amides is 1. The minimum atomic E-state index is -5.63. The molecule has 0 aliphatic carbocycles. The highest BCUT2D eigenvalue weighted by Crippen LogP contribution is 2.39. The van der Waals surface area contributed by atoms with Crippen molar-refractivity contribution in [2.75, 3.05) is 34.1 Å². The van der Waals surface area contributed by atoms with Crippen molar-refractivity contribution in [3.05, 3.63) is 0 Å². The monoisotopic (exact) mass is 359 g/mol. The summed E-state index contributed by atoms with van der Waals surface area (Å²) < 4.78 is 93.0. The van der Waals surface area contributed by atoms with Gasteiger partial charge in [0.25, 0.3) is 0 Å². The molecule has 6 nitrogen and oxygen atoms in total. The van der Waals surface area contributed by atoms with Crippen molar-refractivity contribution < 1.29 is 49.2 Å². The van der Waals surface area contributed by atoms with E-state index in [-0.39, 0.29) is 0 Å².